The summed E-state index contributed by atoms with van der Waals surface area (Å²) in [6.45, 7) is 3.82. The number of fused-ring (bicyclic) bond motifs is 1. The Hall–Kier alpha value is -2.79. The quantitative estimate of drug-likeness (QED) is 0.317. The second-order valence-electron chi connectivity index (χ2n) is 7.85. The summed E-state index contributed by atoms with van der Waals surface area (Å²) in [6, 6.07) is -0.118. The van der Waals surface area contributed by atoms with Gasteiger partial charge >= 0.3 is 6.18 Å². The number of alkyl halides is 5. The summed E-state index contributed by atoms with van der Waals surface area (Å²) in [5.41, 5.74) is -0.356. The first-order valence-corrected chi connectivity index (χ1v) is 10.8. The molecule has 0 bridgehead atoms. The molecule has 0 saturated carbocycles. The normalized spacial score (nSPS) is 20.7. The third kappa shape index (κ3) is 5.77. The summed E-state index contributed by atoms with van der Waals surface area (Å²) in [6.07, 6.45) is -0.942. The molecule has 0 aromatic carbocycles. The molecule has 0 spiro atoms. The van der Waals surface area contributed by atoms with Gasteiger partial charge in [0.1, 0.15) is 23.6 Å². The van der Waals surface area contributed by atoms with E-state index in [1.54, 1.807) is 13.1 Å². The molecule has 3 heterocycles. The Balaban J connectivity index is 1.77. The van der Waals surface area contributed by atoms with Crippen LogP contribution >= 0.6 is 0 Å². The first-order chi connectivity index (χ1) is 15.7. The Labute approximate surface area is 188 Å². The SMILES string of the molecule is CC/C=C(/OCC1CCCN(c2cnc3cnn(CC(F)F)c3n2)C1C)C(=NC)C(F)(F)F. The maximum Gasteiger partial charge on any atom is 0.436 e. The smallest absolute Gasteiger partial charge is 0.436 e. The second kappa shape index (κ2) is 10.4. The predicted octanol–water partition coefficient (Wildman–Crippen LogP) is 4.64. The largest absolute Gasteiger partial charge is 0.491 e. The minimum atomic E-state index is -4.61. The van der Waals surface area contributed by atoms with E-state index in [-0.39, 0.29) is 30.0 Å². The van der Waals surface area contributed by atoms with Gasteiger partial charge in [-0.2, -0.15) is 18.3 Å². The highest BCUT2D eigenvalue weighted by Gasteiger charge is 2.39. The van der Waals surface area contributed by atoms with Gasteiger partial charge in [-0.25, -0.2) is 23.4 Å². The van der Waals surface area contributed by atoms with Gasteiger partial charge in [-0.05, 0) is 32.3 Å². The van der Waals surface area contributed by atoms with Crippen LogP contribution in [0.15, 0.2) is 29.2 Å². The van der Waals surface area contributed by atoms with Crippen molar-refractivity contribution < 1.29 is 26.7 Å². The summed E-state index contributed by atoms with van der Waals surface area (Å²) >= 11 is 0. The molecule has 0 N–H and O–H groups in total. The molecule has 1 saturated heterocycles. The van der Waals surface area contributed by atoms with Crippen molar-refractivity contribution in [2.24, 2.45) is 10.9 Å². The summed E-state index contributed by atoms with van der Waals surface area (Å²) in [5.74, 6) is 0.161. The van der Waals surface area contributed by atoms with E-state index in [9.17, 15) is 22.0 Å². The van der Waals surface area contributed by atoms with Crippen LogP contribution in [0.5, 0.6) is 0 Å². The van der Waals surface area contributed by atoms with Crippen LogP contribution in [0.2, 0.25) is 0 Å². The highest BCUT2D eigenvalue weighted by atomic mass is 19.4. The number of hydrogen-bond donors (Lipinski definition) is 0. The molecular weight excluding hydrogens is 447 g/mol. The van der Waals surface area contributed by atoms with E-state index in [0.29, 0.717) is 24.3 Å². The van der Waals surface area contributed by atoms with Crippen LogP contribution in [0.1, 0.15) is 33.1 Å². The highest BCUT2D eigenvalue weighted by Crippen LogP contribution is 2.30. The van der Waals surface area contributed by atoms with Gasteiger partial charge in [-0.3, -0.25) is 4.99 Å². The van der Waals surface area contributed by atoms with Crippen LogP contribution in [0.25, 0.3) is 11.2 Å². The Bertz CT molecular complexity index is 1000. The molecule has 182 valence electrons. The molecule has 12 heteroatoms. The molecule has 0 aliphatic carbocycles. The zero-order valence-electron chi connectivity index (χ0n) is 18.7. The van der Waals surface area contributed by atoms with Gasteiger partial charge in [0.2, 0.25) is 0 Å². The Morgan fingerprint density at radius 3 is 2.73 bits per heavy atom. The maximum absolute atomic E-state index is 13.3. The molecule has 3 rings (SSSR count). The molecule has 2 aromatic heterocycles. The maximum atomic E-state index is 13.3. The molecule has 33 heavy (non-hydrogen) atoms. The van der Waals surface area contributed by atoms with Gasteiger partial charge in [-0.1, -0.05) is 6.92 Å². The third-order valence-corrected chi connectivity index (χ3v) is 5.65. The Morgan fingerprint density at radius 2 is 2.09 bits per heavy atom. The second-order valence-corrected chi connectivity index (χ2v) is 7.85. The molecule has 0 radical (unpaired) electrons. The number of ether oxygens (including phenoxy) is 1. The van der Waals surface area contributed by atoms with Crippen molar-refractivity contribution >= 4 is 22.7 Å². The molecule has 2 unspecified atom stereocenters. The summed E-state index contributed by atoms with van der Waals surface area (Å²) in [5, 5.41) is 3.93. The van der Waals surface area contributed by atoms with Crippen molar-refractivity contribution in [3.8, 4) is 0 Å². The van der Waals surface area contributed by atoms with E-state index < -0.39 is 24.9 Å². The van der Waals surface area contributed by atoms with Crippen molar-refractivity contribution in [1.82, 2.24) is 19.7 Å². The molecule has 1 fully saturated rings. The minimum Gasteiger partial charge on any atom is -0.491 e. The number of aliphatic imine (C=N–C) groups is 1. The number of hydrogen-bond acceptors (Lipinski definition) is 6. The molecular formula is C21H27F5N6O. The van der Waals surface area contributed by atoms with Gasteiger partial charge in [0.25, 0.3) is 6.43 Å². The van der Waals surface area contributed by atoms with Gasteiger partial charge in [0.15, 0.2) is 11.4 Å². The van der Waals surface area contributed by atoms with Crippen molar-refractivity contribution in [2.45, 2.75) is 58.3 Å². The van der Waals surface area contributed by atoms with E-state index in [2.05, 4.69) is 20.1 Å². The number of rotatable bonds is 8. The van der Waals surface area contributed by atoms with Crippen LogP contribution < -0.4 is 4.90 Å². The molecule has 1 aliphatic heterocycles. The van der Waals surface area contributed by atoms with Crippen LogP contribution in [0, 0.1) is 5.92 Å². The van der Waals surface area contributed by atoms with E-state index in [1.807, 2.05) is 11.8 Å². The van der Waals surface area contributed by atoms with Crippen LogP contribution in [0.4, 0.5) is 27.8 Å². The molecule has 2 aromatic rings. The monoisotopic (exact) mass is 474 g/mol. The number of nitrogens with zero attached hydrogens (tertiary/aromatic N) is 6. The number of aromatic nitrogens is 4. The van der Waals surface area contributed by atoms with Crippen molar-refractivity contribution in [3.63, 3.8) is 0 Å². The number of allylic oxidation sites excluding steroid dienone is 2. The van der Waals surface area contributed by atoms with Crippen LogP contribution in [-0.2, 0) is 11.3 Å². The van der Waals surface area contributed by atoms with E-state index in [4.69, 9.17) is 4.74 Å². The molecule has 1 aliphatic rings. The summed E-state index contributed by atoms with van der Waals surface area (Å²) in [4.78, 5) is 14.2. The number of piperidine rings is 1. The van der Waals surface area contributed by atoms with Gasteiger partial charge < -0.3 is 9.64 Å². The number of anilines is 1. The zero-order chi connectivity index (χ0) is 24.2. The van der Waals surface area contributed by atoms with E-state index in [1.165, 1.54) is 12.3 Å². The van der Waals surface area contributed by atoms with Crippen LogP contribution in [-0.4, -0.2) is 64.3 Å². The Morgan fingerprint density at radius 1 is 1.33 bits per heavy atom. The molecule has 2 atom stereocenters. The average Bonchev–Trinajstić information content (AvgIpc) is 3.13. The van der Waals surface area contributed by atoms with Gasteiger partial charge in [0, 0.05) is 25.6 Å². The average molecular weight is 474 g/mol. The molecule has 0 amide bonds. The lowest BCUT2D eigenvalue weighted by Gasteiger charge is -2.40. The third-order valence-electron chi connectivity index (χ3n) is 5.65. The number of halogens is 5. The predicted molar refractivity (Wildman–Crippen MR) is 115 cm³/mol. The van der Waals surface area contributed by atoms with Gasteiger partial charge in [-0.15, -0.1) is 0 Å². The van der Waals surface area contributed by atoms with Crippen LogP contribution in [0.3, 0.4) is 0 Å². The standard InChI is InChI=1S/C21H27F5N6O/c1-4-6-16(19(27-3)21(24,25)26)33-12-14-7-5-8-31(13(14)2)18-10-28-15-9-29-32(11-17(22)23)20(15)30-18/h6,9-10,13-14,17H,4-5,7-8,11-12H2,1-3H3/b16-6+,27-19?. The first-order valence-electron chi connectivity index (χ1n) is 10.8. The fourth-order valence-corrected chi connectivity index (χ4v) is 3.99. The first kappa shape index (κ1) is 24.8. The van der Waals surface area contributed by atoms with Crippen molar-refractivity contribution in [1.29, 1.82) is 0 Å². The molecule has 7 nitrogen and oxygen atoms in total. The summed E-state index contributed by atoms with van der Waals surface area (Å²) in [7, 11) is 1.09. The van der Waals surface area contributed by atoms with E-state index >= 15 is 0 Å². The fraction of sp³-hybridized carbons (Fsp3) is 0.619. The van der Waals surface area contributed by atoms with Crippen molar-refractivity contribution in [3.05, 3.63) is 24.2 Å². The lowest BCUT2D eigenvalue weighted by atomic mass is 9.91. The topological polar surface area (TPSA) is 68.4 Å². The highest BCUT2D eigenvalue weighted by molar-refractivity contribution is 6.02. The lowest BCUT2D eigenvalue weighted by Crippen LogP contribution is -2.45. The summed E-state index contributed by atoms with van der Waals surface area (Å²) < 4.78 is 72.3. The zero-order valence-corrected chi connectivity index (χ0v) is 18.7. The van der Waals surface area contributed by atoms with Crippen molar-refractivity contribution in [2.75, 3.05) is 25.1 Å². The Kier molecular flexibility index (Phi) is 7.85. The van der Waals surface area contributed by atoms with E-state index in [0.717, 1.165) is 24.6 Å². The lowest BCUT2D eigenvalue weighted by molar-refractivity contribution is -0.0611. The van der Waals surface area contributed by atoms with Gasteiger partial charge in [0.05, 0.1) is 19.0 Å². The minimum absolute atomic E-state index is 0.0752. The fourth-order valence-electron chi connectivity index (χ4n) is 3.99.